The highest BCUT2D eigenvalue weighted by molar-refractivity contribution is 5.84. The van der Waals surface area contributed by atoms with Gasteiger partial charge in [0.05, 0.1) is 19.8 Å². The van der Waals surface area contributed by atoms with Crippen LogP contribution in [-0.2, 0) is 19.8 Å². The average molecular weight is 218 g/mol. The van der Waals surface area contributed by atoms with E-state index in [0.29, 0.717) is 0 Å². The first-order valence-electron chi connectivity index (χ1n) is 5.15. The van der Waals surface area contributed by atoms with E-state index in [0.717, 1.165) is 27.5 Å². The van der Waals surface area contributed by atoms with E-state index < -0.39 is 0 Å². The molecule has 3 heteroatoms. The van der Waals surface area contributed by atoms with Crippen LogP contribution in [0.2, 0.25) is 0 Å². The third kappa shape index (κ3) is 1.93. The van der Waals surface area contributed by atoms with E-state index >= 15 is 0 Å². The first kappa shape index (κ1) is 11.1. The molecule has 2 rings (SSSR count). The maximum absolute atomic E-state index is 9.18. The molecule has 2 aromatic carbocycles. The van der Waals surface area contributed by atoms with Gasteiger partial charge >= 0.3 is 0 Å². The molecule has 0 saturated heterocycles. The minimum atomic E-state index is -0.0881. The first-order chi connectivity index (χ1) is 7.78. The molecule has 0 aliphatic rings. The second kappa shape index (κ2) is 4.61. The molecule has 0 spiro atoms. The van der Waals surface area contributed by atoms with Crippen molar-refractivity contribution in [3.8, 4) is 0 Å². The lowest BCUT2D eigenvalue weighted by molar-refractivity contribution is 0.260. The Kier molecular flexibility index (Phi) is 3.19. The summed E-state index contributed by atoms with van der Waals surface area (Å²) in [6.45, 7) is -0.158. The zero-order valence-corrected chi connectivity index (χ0v) is 8.85. The Morgan fingerprint density at radius 3 is 1.88 bits per heavy atom. The van der Waals surface area contributed by atoms with Crippen LogP contribution in [-0.4, -0.2) is 15.3 Å². The van der Waals surface area contributed by atoms with Crippen molar-refractivity contribution >= 4 is 10.8 Å². The Balaban J connectivity index is 2.63. The molecule has 0 heterocycles. The highest BCUT2D eigenvalue weighted by Crippen LogP contribution is 2.22. The third-order valence-electron chi connectivity index (χ3n) is 2.75. The zero-order chi connectivity index (χ0) is 11.5. The van der Waals surface area contributed by atoms with Crippen molar-refractivity contribution in [2.24, 2.45) is 0 Å². The number of fused-ring (bicyclic) bond motifs is 1. The maximum Gasteiger partial charge on any atom is 0.0685 e. The average Bonchev–Trinajstić information content (AvgIpc) is 2.36. The largest absolute Gasteiger partial charge is 0.392 e. The molecule has 0 fully saturated rings. The van der Waals surface area contributed by atoms with Gasteiger partial charge in [0.15, 0.2) is 0 Å². The lowest BCUT2D eigenvalue weighted by Gasteiger charge is -2.08. The van der Waals surface area contributed by atoms with Crippen molar-refractivity contribution in [2.45, 2.75) is 19.8 Å². The molecule has 0 bridgehead atoms. The molecule has 0 amide bonds. The van der Waals surface area contributed by atoms with Gasteiger partial charge in [0.2, 0.25) is 0 Å². The van der Waals surface area contributed by atoms with Crippen LogP contribution >= 0.6 is 0 Å². The summed E-state index contributed by atoms with van der Waals surface area (Å²) in [7, 11) is 0. The summed E-state index contributed by atoms with van der Waals surface area (Å²) in [5.74, 6) is 0. The molecule has 84 valence electrons. The van der Waals surface area contributed by atoms with Gasteiger partial charge in [-0.25, -0.2) is 0 Å². The molecule has 3 nitrogen and oxygen atoms in total. The highest BCUT2D eigenvalue weighted by Gasteiger charge is 2.04. The van der Waals surface area contributed by atoms with Gasteiger partial charge in [-0.15, -0.1) is 0 Å². The summed E-state index contributed by atoms with van der Waals surface area (Å²) in [6.07, 6.45) is 0. The summed E-state index contributed by atoms with van der Waals surface area (Å²) in [5, 5.41) is 29.3. The standard InChI is InChI=1S/C13H14O3/c14-6-9-1-2-10-4-12(7-15)13(8-16)5-11(10)3-9/h1-5,14-16H,6-8H2. The van der Waals surface area contributed by atoms with Crippen LogP contribution in [0.15, 0.2) is 30.3 Å². The summed E-state index contributed by atoms with van der Waals surface area (Å²) in [4.78, 5) is 0. The topological polar surface area (TPSA) is 60.7 Å². The van der Waals surface area contributed by atoms with Crippen molar-refractivity contribution in [3.05, 3.63) is 47.0 Å². The number of hydrogen-bond donors (Lipinski definition) is 3. The molecule has 0 radical (unpaired) electrons. The van der Waals surface area contributed by atoms with E-state index in [2.05, 4.69) is 0 Å². The highest BCUT2D eigenvalue weighted by atomic mass is 16.3. The van der Waals surface area contributed by atoms with Crippen molar-refractivity contribution < 1.29 is 15.3 Å². The SMILES string of the molecule is OCc1ccc2cc(CO)c(CO)cc2c1. The lowest BCUT2D eigenvalue weighted by Crippen LogP contribution is -1.94. The van der Waals surface area contributed by atoms with Crippen LogP contribution < -0.4 is 0 Å². The van der Waals surface area contributed by atoms with Crippen molar-refractivity contribution in [1.29, 1.82) is 0 Å². The molecule has 2 aromatic rings. The quantitative estimate of drug-likeness (QED) is 0.728. The van der Waals surface area contributed by atoms with Gasteiger partial charge in [-0.2, -0.15) is 0 Å². The van der Waals surface area contributed by atoms with E-state index in [1.54, 1.807) is 0 Å². The minimum Gasteiger partial charge on any atom is -0.392 e. The molecule has 0 atom stereocenters. The molecule has 0 aliphatic heterocycles. The van der Waals surface area contributed by atoms with Crippen molar-refractivity contribution in [3.63, 3.8) is 0 Å². The fourth-order valence-corrected chi connectivity index (χ4v) is 1.83. The fourth-order valence-electron chi connectivity index (χ4n) is 1.83. The Hall–Kier alpha value is -1.42. The second-order valence-electron chi connectivity index (χ2n) is 3.78. The van der Waals surface area contributed by atoms with E-state index in [4.69, 9.17) is 10.2 Å². The van der Waals surface area contributed by atoms with Gasteiger partial charge in [-0.3, -0.25) is 0 Å². The van der Waals surface area contributed by atoms with E-state index in [9.17, 15) is 5.11 Å². The summed E-state index contributed by atoms with van der Waals surface area (Å²) >= 11 is 0. The number of rotatable bonds is 3. The Morgan fingerprint density at radius 1 is 0.688 bits per heavy atom. The molecular formula is C13H14O3. The minimum absolute atomic E-state index is 0.00610. The molecule has 0 aliphatic carbocycles. The van der Waals surface area contributed by atoms with E-state index in [1.807, 2.05) is 30.3 Å². The summed E-state index contributed by atoms with van der Waals surface area (Å²) in [5.41, 5.74) is 2.31. The molecule has 0 saturated carbocycles. The van der Waals surface area contributed by atoms with E-state index in [-0.39, 0.29) is 19.8 Å². The number of aliphatic hydroxyl groups is 3. The number of aliphatic hydroxyl groups excluding tert-OH is 3. The van der Waals surface area contributed by atoms with Gasteiger partial charge in [-0.05, 0) is 45.7 Å². The molecular weight excluding hydrogens is 204 g/mol. The Labute approximate surface area is 93.6 Å². The number of hydrogen-bond acceptors (Lipinski definition) is 3. The summed E-state index contributed by atoms with van der Waals surface area (Å²) in [6, 6.07) is 9.35. The van der Waals surface area contributed by atoms with Crippen molar-refractivity contribution in [1.82, 2.24) is 0 Å². The van der Waals surface area contributed by atoms with Crippen LogP contribution in [0.5, 0.6) is 0 Å². The predicted octanol–water partition coefficient (Wildman–Crippen LogP) is 1.32. The van der Waals surface area contributed by atoms with Crippen LogP contribution in [0, 0.1) is 0 Å². The molecule has 16 heavy (non-hydrogen) atoms. The Bertz CT molecular complexity index is 506. The summed E-state index contributed by atoms with van der Waals surface area (Å²) < 4.78 is 0. The number of benzene rings is 2. The normalized spacial score (nSPS) is 10.9. The van der Waals surface area contributed by atoms with Crippen molar-refractivity contribution in [2.75, 3.05) is 0 Å². The second-order valence-corrected chi connectivity index (χ2v) is 3.78. The van der Waals surface area contributed by atoms with E-state index in [1.165, 1.54) is 0 Å². The smallest absolute Gasteiger partial charge is 0.0685 e. The Morgan fingerprint density at radius 2 is 1.31 bits per heavy atom. The van der Waals surface area contributed by atoms with Gasteiger partial charge in [0.1, 0.15) is 0 Å². The first-order valence-corrected chi connectivity index (χ1v) is 5.15. The fraction of sp³-hybridized carbons (Fsp3) is 0.231. The third-order valence-corrected chi connectivity index (χ3v) is 2.75. The van der Waals surface area contributed by atoms with Crippen LogP contribution in [0.25, 0.3) is 10.8 Å². The molecule has 3 N–H and O–H groups in total. The monoisotopic (exact) mass is 218 g/mol. The zero-order valence-electron chi connectivity index (χ0n) is 8.85. The van der Waals surface area contributed by atoms with Gasteiger partial charge in [0.25, 0.3) is 0 Å². The van der Waals surface area contributed by atoms with Gasteiger partial charge in [0, 0.05) is 0 Å². The maximum atomic E-state index is 9.18. The molecule has 0 unspecified atom stereocenters. The van der Waals surface area contributed by atoms with Crippen LogP contribution in [0.4, 0.5) is 0 Å². The van der Waals surface area contributed by atoms with Crippen LogP contribution in [0.1, 0.15) is 16.7 Å². The molecule has 0 aromatic heterocycles. The lowest BCUT2D eigenvalue weighted by atomic mass is 10.00. The van der Waals surface area contributed by atoms with Crippen LogP contribution in [0.3, 0.4) is 0 Å². The van der Waals surface area contributed by atoms with Gasteiger partial charge in [-0.1, -0.05) is 12.1 Å². The van der Waals surface area contributed by atoms with Gasteiger partial charge < -0.3 is 15.3 Å². The predicted molar refractivity (Wildman–Crippen MR) is 61.7 cm³/mol.